The van der Waals surface area contributed by atoms with Gasteiger partial charge in [-0.1, -0.05) is 23.7 Å². The van der Waals surface area contributed by atoms with Crippen LogP contribution < -0.4 is 5.32 Å². The van der Waals surface area contributed by atoms with Gasteiger partial charge in [0.15, 0.2) is 0 Å². The molecule has 0 bridgehead atoms. The molecule has 0 amide bonds. The van der Waals surface area contributed by atoms with Crippen LogP contribution in [0.5, 0.6) is 0 Å². The first-order valence-corrected chi connectivity index (χ1v) is 9.42. The minimum Gasteiger partial charge on any atom is -0.477 e. The topological polar surface area (TPSA) is 94.8 Å². The number of nitrogens with one attached hydrogen (secondary N) is 1. The van der Waals surface area contributed by atoms with Crippen molar-refractivity contribution in [2.75, 3.05) is 18.5 Å². The third-order valence-electron chi connectivity index (χ3n) is 3.89. The fourth-order valence-electron chi connectivity index (χ4n) is 2.79. The van der Waals surface area contributed by atoms with E-state index in [4.69, 9.17) is 16.7 Å². The number of fused-ring (bicyclic) bond motifs is 1. The normalized spacial score (nSPS) is 11.8. The van der Waals surface area contributed by atoms with E-state index in [0.717, 1.165) is 33.5 Å². The van der Waals surface area contributed by atoms with E-state index >= 15 is 0 Å². The van der Waals surface area contributed by atoms with Crippen LogP contribution in [0.4, 0.5) is 5.69 Å². The molecule has 0 unspecified atom stereocenters. The Bertz CT molecular complexity index is 1030. The number of aromatic carboxylic acids is 1. The van der Waals surface area contributed by atoms with Crippen LogP contribution in [0.25, 0.3) is 21.3 Å². The van der Waals surface area contributed by atoms with Gasteiger partial charge in [0.1, 0.15) is 9.71 Å². The first kappa shape index (κ1) is 19.3. The molecule has 1 aromatic carbocycles. The molecular formula is C19H18ClN3O3S. The highest BCUT2D eigenvalue weighted by Gasteiger charge is 2.22. The number of carboxylic acids is 1. The summed E-state index contributed by atoms with van der Waals surface area (Å²) in [4.78, 5) is 21.3. The second kappa shape index (κ2) is 8.04. The highest BCUT2D eigenvalue weighted by Crippen LogP contribution is 2.41. The van der Waals surface area contributed by atoms with Crippen molar-refractivity contribution in [1.29, 1.82) is 0 Å². The molecule has 2 heterocycles. The van der Waals surface area contributed by atoms with Crippen molar-refractivity contribution in [2.24, 2.45) is 4.99 Å². The zero-order valence-electron chi connectivity index (χ0n) is 14.8. The summed E-state index contributed by atoms with van der Waals surface area (Å²) in [5.74, 6) is -0.510. The van der Waals surface area contributed by atoms with Gasteiger partial charge < -0.3 is 15.5 Å². The number of halogens is 1. The van der Waals surface area contributed by atoms with Gasteiger partial charge in [-0.25, -0.2) is 9.78 Å². The van der Waals surface area contributed by atoms with Gasteiger partial charge in [-0.05, 0) is 43.2 Å². The summed E-state index contributed by atoms with van der Waals surface area (Å²) in [6, 6.07) is 9.31. The molecule has 3 rings (SSSR count). The average molecular weight is 404 g/mol. The fourth-order valence-corrected chi connectivity index (χ4v) is 3.95. The lowest BCUT2D eigenvalue weighted by molar-refractivity contribution is 0.0703. The quantitative estimate of drug-likeness (QED) is 0.432. The maximum Gasteiger partial charge on any atom is 0.348 e. The summed E-state index contributed by atoms with van der Waals surface area (Å²) < 4.78 is 0. The van der Waals surface area contributed by atoms with Crippen LogP contribution >= 0.6 is 22.9 Å². The third kappa shape index (κ3) is 4.10. The summed E-state index contributed by atoms with van der Waals surface area (Å²) in [7, 11) is 0. The number of benzene rings is 1. The van der Waals surface area contributed by atoms with Crippen molar-refractivity contribution < 1.29 is 15.0 Å². The summed E-state index contributed by atoms with van der Waals surface area (Å²) >= 11 is 7.13. The van der Waals surface area contributed by atoms with Crippen LogP contribution in [0.3, 0.4) is 0 Å². The zero-order valence-corrected chi connectivity index (χ0v) is 16.4. The lowest BCUT2D eigenvalue weighted by Crippen LogP contribution is -2.11. The van der Waals surface area contributed by atoms with Crippen LogP contribution in [0, 0.1) is 6.92 Å². The molecule has 6 nitrogen and oxygen atoms in total. The molecule has 0 aliphatic heterocycles. The van der Waals surface area contributed by atoms with Gasteiger partial charge in [0.05, 0.1) is 24.7 Å². The SMILES string of the molecule is CC(=NCCO)Nc1c(C(=O)O)sc2nc(C)cc(-c3ccc(Cl)cc3)c12. The standard InChI is InChI=1S/C19H18ClN3O3S/c1-10-9-14(12-3-5-13(20)6-4-12)15-16(23-11(2)21-7-8-24)17(19(25)26)27-18(15)22-10/h3-6,9,24H,7-8H2,1-2H3,(H,21,23)(H,25,26). The number of anilines is 1. The van der Waals surface area contributed by atoms with Crippen molar-refractivity contribution in [3.8, 4) is 11.1 Å². The smallest absolute Gasteiger partial charge is 0.348 e. The molecule has 0 aliphatic carbocycles. The summed E-state index contributed by atoms with van der Waals surface area (Å²) in [6.45, 7) is 3.77. The molecule has 0 aliphatic rings. The second-order valence-corrected chi connectivity index (χ2v) is 7.36. The molecule has 140 valence electrons. The largest absolute Gasteiger partial charge is 0.477 e. The molecule has 3 N–H and O–H groups in total. The summed E-state index contributed by atoms with van der Waals surface area (Å²) in [5.41, 5.74) is 3.04. The van der Waals surface area contributed by atoms with Crippen molar-refractivity contribution in [2.45, 2.75) is 13.8 Å². The minimum atomic E-state index is -1.03. The summed E-state index contributed by atoms with van der Waals surface area (Å²) in [5, 5.41) is 23.1. The van der Waals surface area contributed by atoms with E-state index in [2.05, 4.69) is 15.3 Å². The van der Waals surface area contributed by atoms with Crippen molar-refractivity contribution in [3.05, 3.63) is 45.9 Å². The molecule has 0 radical (unpaired) electrons. The molecular weight excluding hydrogens is 386 g/mol. The number of carbonyl (C=O) groups is 1. The second-order valence-electron chi connectivity index (χ2n) is 5.93. The van der Waals surface area contributed by atoms with Crippen LogP contribution in [-0.4, -0.2) is 40.2 Å². The number of aliphatic hydroxyl groups excluding tert-OH is 1. The van der Waals surface area contributed by atoms with Gasteiger partial charge in [-0.15, -0.1) is 11.3 Å². The van der Waals surface area contributed by atoms with E-state index in [1.807, 2.05) is 25.1 Å². The number of carboxylic acid groups (broad SMARTS) is 1. The Hall–Kier alpha value is -2.48. The number of aliphatic hydroxyl groups is 1. The van der Waals surface area contributed by atoms with E-state index in [0.29, 0.717) is 21.4 Å². The lowest BCUT2D eigenvalue weighted by Gasteiger charge is -2.11. The predicted molar refractivity (Wildman–Crippen MR) is 110 cm³/mol. The maximum absolute atomic E-state index is 11.8. The molecule has 8 heteroatoms. The van der Waals surface area contributed by atoms with Gasteiger partial charge >= 0.3 is 5.97 Å². The van der Waals surface area contributed by atoms with Crippen molar-refractivity contribution >= 4 is 50.6 Å². The summed E-state index contributed by atoms with van der Waals surface area (Å²) in [6.07, 6.45) is 0. The number of aryl methyl sites for hydroxylation is 1. The average Bonchev–Trinajstić information content (AvgIpc) is 2.98. The number of thiophene rings is 1. The van der Waals surface area contributed by atoms with Crippen LogP contribution in [0.2, 0.25) is 5.02 Å². The van der Waals surface area contributed by atoms with Gasteiger partial charge in [-0.3, -0.25) is 4.99 Å². The molecule has 0 spiro atoms. The number of amidine groups is 1. The Kier molecular flexibility index (Phi) is 5.74. The molecule has 0 saturated carbocycles. The molecule has 0 atom stereocenters. The number of pyridine rings is 1. The van der Waals surface area contributed by atoms with E-state index in [1.54, 1.807) is 19.1 Å². The van der Waals surface area contributed by atoms with Crippen LogP contribution in [0.1, 0.15) is 22.3 Å². The highest BCUT2D eigenvalue weighted by molar-refractivity contribution is 7.21. The van der Waals surface area contributed by atoms with E-state index in [9.17, 15) is 9.90 Å². The first-order valence-electron chi connectivity index (χ1n) is 8.23. The van der Waals surface area contributed by atoms with E-state index in [1.165, 1.54) is 0 Å². The van der Waals surface area contributed by atoms with Crippen molar-refractivity contribution in [3.63, 3.8) is 0 Å². The Balaban J connectivity index is 2.26. The van der Waals surface area contributed by atoms with Gasteiger partial charge in [0, 0.05) is 16.1 Å². The molecule has 0 saturated heterocycles. The highest BCUT2D eigenvalue weighted by atomic mass is 35.5. The van der Waals surface area contributed by atoms with Gasteiger partial charge in [-0.2, -0.15) is 0 Å². The number of aromatic nitrogens is 1. The van der Waals surface area contributed by atoms with Gasteiger partial charge in [0.25, 0.3) is 0 Å². The van der Waals surface area contributed by atoms with Gasteiger partial charge in [0.2, 0.25) is 0 Å². The van der Waals surface area contributed by atoms with Crippen molar-refractivity contribution in [1.82, 2.24) is 4.98 Å². The lowest BCUT2D eigenvalue weighted by atomic mass is 10.0. The van der Waals surface area contributed by atoms with E-state index < -0.39 is 5.97 Å². The Morgan fingerprint density at radius 2 is 2.04 bits per heavy atom. The number of nitrogens with zero attached hydrogens (tertiary/aromatic N) is 2. The fraction of sp³-hybridized carbons (Fsp3) is 0.211. The van der Waals surface area contributed by atoms with E-state index in [-0.39, 0.29) is 18.0 Å². The zero-order chi connectivity index (χ0) is 19.6. The molecule has 0 fully saturated rings. The predicted octanol–water partition coefficient (Wildman–Crippen LogP) is 4.45. The number of hydrogen-bond acceptors (Lipinski definition) is 5. The maximum atomic E-state index is 11.8. The number of rotatable bonds is 5. The first-order chi connectivity index (χ1) is 12.9. The van der Waals surface area contributed by atoms with Crippen LogP contribution in [-0.2, 0) is 0 Å². The molecule has 27 heavy (non-hydrogen) atoms. The Morgan fingerprint density at radius 1 is 1.33 bits per heavy atom. The molecule has 3 aromatic rings. The number of aliphatic imine (C=N–C) groups is 1. The Labute approximate surface area is 165 Å². The number of hydrogen-bond donors (Lipinski definition) is 3. The monoisotopic (exact) mass is 403 g/mol. The molecule has 2 aromatic heterocycles. The van der Waals surface area contributed by atoms with Crippen LogP contribution in [0.15, 0.2) is 35.3 Å². The minimum absolute atomic E-state index is 0.0774. The third-order valence-corrected chi connectivity index (χ3v) is 5.22. The Morgan fingerprint density at radius 3 is 2.67 bits per heavy atom.